The zero-order chi connectivity index (χ0) is 6.69. The van der Waals surface area contributed by atoms with E-state index in [1.54, 1.807) is 0 Å². The Balaban J connectivity index is 2.61. The molecule has 0 saturated heterocycles. The van der Waals surface area contributed by atoms with Crippen molar-refractivity contribution in [3.63, 3.8) is 0 Å². The minimum atomic E-state index is 0.958. The van der Waals surface area contributed by atoms with E-state index in [9.17, 15) is 0 Å². The van der Waals surface area contributed by atoms with Crippen LogP contribution in [-0.2, 0) is 6.42 Å². The average molecular weight is 158 g/mol. The third-order valence-corrected chi connectivity index (χ3v) is 2.44. The number of hydrogen-bond acceptors (Lipinski definition) is 2. The lowest BCUT2D eigenvalue weighted by atomic mass is 10.4. The van der Waals surface area contributed by atoms with Crippen LogP contribution < -0.4 is 0 Å². The van der Waals surface area contributed by atoms with Crippen LogP contribution in [0.2, 0.25) is 0 Å². The van der Waals surface area contributed by atoms with E-state index in [0.29, 0.717) is 0 Å². The van der Waals surface area contributed by atoms with Gasteiger partial charge in [-0.1, -0.05) is 0 Å². The first-order chi connectivity index (χ1) is 4.33. The summed E-state index contributed by atoms with van der Waals surface area (Å²) in [6.07, 6.45) is 1.11. The second kappa shape index (κ2) is 3.28. The van der Waals surface area contributed by atoms with Gasteiger partial charge >= 0.3 is 0 Å². The van der Waals surface area contributed by atoms with E-state index in [4.69, 9.17) is 0 Å². The summed E-state index contributed by atoms with van der Waals surface area (Å²) in [5, 5.41) is 0. The minimum absolute atomic E-state index is 0.958. The molecule has 2 heteroatoms. The van der Waals surface area contributed by atoms with Gasteiger partial charge < -0.3 is 0 Å². The van der Waals surface area contributed by atoms with E-state index in [-0.39, 0.29) is 0 Å². The van der Waals surface area contributed by atoms with Gasteiger partial charge in [-0.3, -0.25) is 0 Å². The molecule has 1 aromatic heterocycles. The fourth-order valence-electron chi connectivity index (χ4n) is 0.730. The van der Waals surface area contributed by atoms with Crippen LogP contribution in [0.25, 0.3) is 0 Å². The van der Waals surface area contributed by atoms with Crippen LogP contribution in [-0.4, -0.2) is 5.75 Å². The van der Waals surface area contributed by atoms with Gasteiger partial charge in [0.1, 0.15) is 0 Å². The number of thiophene rings is 1. The molecule has 1 aromatic rings. The maximum atomic E-state index is 4.15. The Hall–Kier alpha value is 0.0500. The molecule has 0 unspecified atom stereocenters. The van der Waals surface area contributed by atoms with E-state index < -0.39 is 0 Å². The lowest BCUT2D eigenvalue weighted by molar-refractivity contribution is 1.21. The maximum Gasteiger partial charge on any atom is 0.00561 e. The topological polar surface area (TPSA) is 0 Å². The molecule has 0 nitrogen and oxygen atoms in total. The Morgan fingerprint density at radius 2 is 2.33 bits per heavy atom. The van der Waals surface area contributed by atoms with E-state index in [1.165, 1.54) is 9.75 Å². The molecule has 0 aliphatic heterocycles. The Morgan fingerprint density at radius 3 is 2.78 bits per heavy atom. The number of aryl methyl sites for hydroxylation is 2. The minimum Gasteiger partial charge on any atom is -0.179 e. The molecule has 1 rings (SSSR count). The summed E-state index contributed by atoms with van der Waals surface area (Å²) in [7, 11) is 0. The lowest BCUT2D eigenvalue weighted by Crippen LogP contribution is -1.77. The molecular formula is C7H10S2. The molecule has 0 N–H and O–H groups in total. The SMILES string of the molecule is Cc1ccc(CCS)s1. The molecule has 0 bridgehead atoms. The molecule has 0 fully saturated rings. The van der Waals surface area contributed by atoms with Crippen molar-refractivity contribution in [3.8, 4) is 0 Å². The number of hydrogen-bond donors (Lipinski definition) is 1. The van der Waals surface area contributed by atoms with Crippen molar-refractivity contribution in [2.24, 2.45) is 0 Å². The highest BCUT2D eigenvalue weighted by atomic mass is 32.1. The standard InChI is InChI=1S/C7H10S2/c1-6-2-3-7(9-6)4-5-8/h2-3,8H,4-5H2,1H3. The highest BCUT2D eigenvalue weighted by molar-refractivity contribution is 7.80. The smallest absolute Gasteiger partial charge is 0.00561 e. The first-order valence-corrected chi connectivity index (χ1v) is 4.44. The van der Waals surface area contributed by atoms with Gasteiger partial charge in [-0.15, -0.1) is 11.3 Å². The molecular weight excluding hydrogens is 148 g/mol. The quantitative estimate of drug-likeness (QED) is 0.628. The highest BCUT2D eigenvalue weighted by Gasteiger charge is 1.92. The number of thiol groups is 1. The Kier molecular flexibility index (Phi) is 2.61. The summed E-state index contributed by atoms with van der Waals surface area (Å²) in [4.78, 5) is 2.84. The van der Waals surface area contributed by atoms with Crippen LogP contribution in [0, 0.1) is 6.92 Å². The first-order valence-electron chi connectivity index (χ1n) is 2.99. The molecule has 9 heavy (non-hydrogen) atoms. The largest absolute Gasteiger partial charge is 0.179 e. The van der Waals surface area contributed by atoms with E-state index >= 15 is 0 Å². The van der Waals surface area contributed by atoms with Gasteiger partial charge in [0.25, 0.3) is 0 Å². The Morgan fingerprint density at radius 1 is 1.56 bits per heavy atom. The highest BCUT2D eigenvalue weighted by Crippen LogP contribution is 2.15. The van der Waals surface area contributed by atoms with Crippen molar-refractivity contribution in [1.82, 2.24) is 0 Å². The van der Waals surface area contributed by atoms with Gasteiger partial charge in [0.2, 0.25) is 0 Å². The van der Waals surface area contributed by atoms with Gasteiger partial charge in [0.05, 0.1) is 0 Å². The van der Waals surface area contributed by atoms with Crippen LogP contribution in [0.15, 0.2) is 12.1 Å². The van der Waals surface area contributed by atoms with Gasteiger partial charge in [-0.25, -0.2) is 0 Å². The van der Waals surface area contributed by atoms with Gasteiger partial charge in [-0.05, 0) is 31.2 Å². The summed E-state index contributed by atoms with van der Waals surface area (Å²) >= 11 is 6.01. The number of rotatable bonds is 2. The molecule has 0 atom stereocenters. The van der Waals surface area contributed by atoms with Crippen molar-refractivity contribution < 1.29 is 0 Å². The normalized spacial score (nSPS) is 10.0. The van der Waals surface area contributed by atoms with Crippen LogP contribution in [0.4, 0.5) is 0 Å². The zero-order valence-electron chi connectivity index (χ0n) is 5.42. The summed E-state index contributed by atoms with van der Waals surface area (Å²) < 4.78 is 0. The van der Waals surface area contributed by atoms with Gasteiger partial charge in [-0.2, -0.15) is 12.6 Å². The summed E-state index contributed by atoms with van der Waals surface area (Å²) in [5.74, 6) is 0.958. The van der Waals surface area contributed by atoms with Crippen molar-refractivity contribution in [1.29, 1.82) is 0 Å². The summed E-state index contributed by atoms with van der Waals surface area (Å²) in [5.41, 5.74) is 0. The Bertz CT molecular complexity index is 179. The fraction of sp³-hybridized carbons (Fsp3) is 0.429. The van der Waals surface area contributed by atoms with Gasteiger partial charge in [0.15, 0.2) is 0 Å². The van der Waals surface area contributed by atoms with Crippen molar-refractivity contribution in [3.05, 3.63) is 21.9 Å². The second-order valence-electron chi connectivity index (χ2n) is 1.99. The van der Waals surface area contributed by atoms with E-state index in [0.717, 1.165) is 12.2 Å². The third kappa shape index (κ3) is 2.03. The Labute approximate surface area is 65.3 Å². The van der Waals surface area contributed by atoms with E-state index in [1.807, 2.05) is 11.3 Å². The molecule has 0 radical (unpaired) electrons. The van der Waals surface area contributed by atoms with Crippen LogP contribution in [0.5, 0.6) is 0 Å². The van der Waals surface area contributed by atoms with Gasteiger partial charge in [0, 0.05) is 9.75 Å². The van der Waals surface area contributed by atoms with Crippen LogP contribution >= 0.6 is 24.0 Å². The van der Waals surface area contributed by atoms with Crippen LogP contribution in [0.1, 0.15) is 9.75 Å². The van der Waals surface area contributed by atoms with Crippen molar-refractivity contribution in [2.75, 3.05) is 5.75 Å². The molecule has 0 amide bonds. The first kappa shape index (κ1) is 7.16. The molecule has 50 valence electrons. The average Bonchev–Trinajstić information content (AvgIpc) is 2.17. The van der Waals surface area contributed by atoms with Crippen molar-refractivity contribution in [2.45, 2.75) is 13.3 Å². The second-order valence-corrected chi connectivity index (χ2v) is 3.81. The predicted molar refractivity (Wildman–Crippen MR) is 46.6 cm³/mol. The third-order valence-electron chi connectivity index (χ3n) is 1.15. The predicted octanol–water partition coefficient (Wildman–Crippen LogP) is 2.53. The zero-order valence-corrected chi connectivity index (χ0v) is 7.14. The molecule has 0 spiro atoms. The summed E-state index contributed by atoms with van der Waals surface area (Å²) in [6, 6.07) is 4.33. The molecule has 0 aliphatic rings. The van der Waals surface area contributed by atoms with E-state index in [2.05, 4.69) is 31.7 Å². The van der Waals surface area contributed by atoms with Crippen molar-refractivity contribution >= 4 is 24.0 Å². The summed E-state index contributed by atoms with van der Waals surface area (Å²) in [6.45, 7) is 2.13. The maximum absolute atomic E-state index is 4.15. The van der Waals surface area contributed by atoms with Crippen LogP contribution in [0.3, 0.4) is 0 Å². The lowest BCUT2D eigenvalue weighted by Gasteiger charge is -1.86. The monoisotopic (exact) mass is 158 g/mol. The fourth-order valence-corrected chi connectivity index (χ4v) is 2.01. The molecule has 0 aromatic carbocycles. The molecule has 0 saturated carbocycles. The molecule has 1 heterocycles. The molecule has 0 aliphatic carbocycles.